The summed E-state index contributed by atoms with van der Waals surface area (Å²) in [6.45, 7) is -0.523. The number of nitrogens with one attached hydrogen (secondary N) is 2. The van der Waals surface area contributed by atoms with Crippen molar-refractivity contribution in [2.45, 2.75) is 0 Å². The molecule has 22 heavy (non-hydrogen) atoms. The first-order valence-electron chi connectivity index (χ1n) is 6.39. The van der Waals surface area contributed by atoms with E-state index in [4.69, 9.17) is 4.74 Å². The van der Waals surface area contributed by atoms with Crippen LogP contribution in [0, 0.1) is 0 Å². The Balaban J connectivity index is 1.74. The van der Waals surface area contributed by atoms with Crippen LogP contribution in [0.25, 0.3) is 0 Å². The maximum absolute atomic E-state index is 11.7. The first kappa shape index (κ1) is 15.2. The zero-order valence-electron chi connectivity index (χ0n) is 11.5. The summed E-state index contributed by atoms with van der Waals surface area (Å²) in [5, 5.41) is 0. The van der Waals surface area contributed by atoms with Crippen molar-refractivity contribution in [2.24, 2.45) is 0 Å². The Hall–Kier alpha value is -3.22. The Morgan fingerprint density at radius 3 is 2.36 bits per heavy atom. The normalized spacial score (nSPS) is 9.64. The van der Waals surface area contributed by atoms with E-state index in [1.807, 2.05) is 0 Å². The molecule has 1 aromatic carbocycles. The van der Waals surface area contributed by atoms with Crippen molar-refractivity contribution < 1.29 is 19.1 Å². The number of pyridine rings is 1. The van der Waals surface area contributed by atoms with Gasteiger partial charge in [0.15, 0.2) is 6.61 Å². The lowest BCUT2D eigenvalue weighted by Crippen LogP contribution is -2.43. The molecular formula is C15H13N3O4. The van der Waals surface area contributed by atoms with Gasteiger partial charge in [-0.1, -0.05) is 24.3 Å². The average Bonchev–Trinajstić information content (AvgIpc) is 2.59. The van der Waals surface area contributed by atoms with Crippen LogP contribution in [-0.4, -0.2) is 29.4 Å². The fraction of sp³-hybridized carbons (Fsp3) is 0.0667. The van der Waals surface area contributed by atoms with E-state index >= 15 is 0 Å². The van der Waals surface area contributed by atoms with Crippen LogP contribution >= 0.6 is 0 Å². The molecule has 2 amide bonds. The quantitative estimate of drug-likeness (QED) is 0.640. The van der Waals surface area contributed by atoms with Gasteiger partial charge in [0, 0.05) is 11.8 Å². The van der Waals surface area contributed by atoms with E-state index in [-0.39, 0.29) is 5.69 Å². The van der Waals surface area contributed by atoms with Gasteiger partial charge in [-0.2, -0.15) is 0 Å². The van der Waals surface area contributed by atoms with Crippen molar-refractivity contribution in [2.75, 3.05) is 6.61 Å². The standard InChI is InChI=1S/C15H13N3O4/c19-13(10-22-15(21)12-8-4-5-9-16-12)17-18-14(20)11-6-2-1-3-7-11/h1-9H,10H2,(H,17,19)(H,18,20). The number of hydrogen-bond donors (Lipinski definition) is 2. The number of hydrazine groups is 1. The summed E-state index contributed by atoms with van der Waals surface area (Å²) in [6, 6.07) is 13.1. The molecule has 0 unspecified atom stereocenters. The van der Waals surface area contributed by atoms with E-state index in [0.717, 1.165) is 0 Å². The van der Waals surface area contributed by atoms with Gasteiger partial charge in [0.1, 0.15) is 5.69 Å². The molecule has 112 valence electrons. The Morgan fingerprint density at radius 1 is 0.955 bits per heavy atom. The highest BCUT2D eigenvalue weighted by molar-refractivity contribution is 5.95. The molecule has 7 heteroatoms. The molecule has 0 saturated carbocycles. The number of esters is 1. The predicted molar refractivity (Wildman–Crippen MR) is 76.6 cm³/mol. The lowest BCUT2D eigenvalue weighted by molar-refractivity contribution is -0.125. The Labute approximate surface area is 126 Å². The minimum atomic E-state index is -0.717. The number of hydrogen-bond acceptors (Lipinski definition) is 5. The summed E-state index contributed by atoms with van der Waals surface area (Å²) in [7, 11) is 0. The molecule has 0 aliphatic heterocycles. The number of nitrogens with zero attached hydrogens (tertiary/aromatic N) is 1. The van der Waals surface area contributed by atoms with Crippen molar-refractivity contribution in [3.63, 3.8) is 0 Å². The molecule has 0 saturated heterocycles. The molecule has 0 atom stereocenters. The van der Waals surface area contributed by atoms with Crippen LogP contribution in [0.4, 0.5) is 0 Å². The van der Waals surface area contributed by atoms with Gasteiger partial charge in [-0.25, -0.2) is 9.78 Å². The van der Waals surface area contributed by atoms with Gasteiger partial charge in [-0.05, 0) is 24.3 Å². The second-order valence-electron chi connectivity index (χ2n) is 4.16. The van der Waals surface area contributed by atoms with Crippen molar-refractivity contribution in [1.82, 2.24) is 15.8 Å². The summed E-state index contributed by atoms with van der Waals surface area (Å²) in [4.78, 5) is 38.5. The van der Waals surface area contributed by atoms with Crippen molar-refractivity contribution in [3.8, 4) is 0 Å². The molecule has 1 aromatic heterocycles. The topological polar surface area (TPSA) is 97.4 Å². The van der Waals surface area contributed by atoms with Gasteiger partial charge in [-0.15, -0.1) is 0 Å². The summed E-state index contributed by atoms with van der Waals surface area (Å²) in [5.41, 5.74) is 4.87. The zero-order valence-corrected chi connectivity index (χ0v) is 11.5. The lowest BCUT2D eigenvalue weighted by atomic mass is 10.2. The van der Waals surface area contributed by atoms with E-state index < -0.39 is 24.4 Å². The van der Waals surface area contributed by atoms with E-state index in [2.05, 4.69) is 15.8 Å². The number of carbonyl (C=O) groups is 3. The second kappa shape index (κ2) is 7.53. The molecular weight excluding hydrogens is 286 g/mol. The molecule has 0 spiro atoms. The second-order valence-corrected chi connectivity index (χ2v) is 4.16. The molecule has 7 nitrogen and oxygen atoms in total. The van der Waals surface area contributed by atoms with E-state index in [9.17, 15) is 14.4 Å². The maximum atomic E-state index is 11.7. The highest BCUT2D eigenvalue weighted by Crippen LogP contribution is 1.97. The van der Waals surface area contributed by atoms with Gasteiger partial charge < -0.3 is 4.74 Å². The lowest BCUT2D eigenvalue weighted by Gasteiger charge is -2.07. The largest absolute Gasteiger partial charge is 0.451 e. The molecule has 1 heterocycles. The van der Waals surface area contributed by atoms with Crippen molar-refractivity contribution >= 4 is 17.8 Å². The molecule has 0 radical (unpaired) electrons. The molecule has 0 bridgehead atoms. The van der Waals surface area contributed by atoms with Gasteiger partial charge in [0.2, 0.25) is 0 Å². The first-order chi connectivity index (χ1) is 10.7. The average molecular weight is 299 g/mol. The number of benzene rings is 1. The van der Waals surface area contributed by atoms with Gasteiger partial charge in [-0.3, -0.25) is 20.4 Å². The van der Waals surface area contributed by atoms with Crippen LogP contribution in [0.15, 0.2) is 54.7 Å². The SMILES string of the molecule is O=C(COC(=O)c1ccccn1)NNC(=O)c1ccccc1. The van der Waals surface area contributed by atoms with Crippen molar-refractivity contribution in [1.29, 1.82) is 0 Å². The molecule has 2 N–H and O–H groups in total. The Kier molecular flexibility index (Phi) is 5.20. The number of rotatable bonds is 4. The maximum Gasteiger partial charge on any atom is 0.357 e. The highest BCUT2D eigenvalue weighted by atomic mass is 16.5. The zero-order chi connectivity index (χ0) is 15.8. The van der Waals surface area contributed by atoms with Gasteiger partial charge in [0.25, 0.3) is 11.8 Å². The van der Waals surface area contributed by atoms with Crippen LogP contribution in [-0.2, 0) is 9.53 Å². The molecule has 0 fully saturated rings. The highest BCUT2D eigenvalue weighted by Gasteiger charge is 2.11. The molecule has 0 aliphatic rings. The third-order valence-electron chi connectivity index (χ3n) is 2.56. The smallest absolute Gasteiger partial charge is 0.357 e. The summed E-state index contributed by atoms with van der Waals surface area (Å²) in [5.74, 6) is -1.84. The first-order valence-corrected chi connectivity index (χ1v) is 6.39. The predicted octanol–water partition coefficient (Wildman–Crippen LogP) is 0.700. The number of ether oxygens (including phenoxy) is 1. The molecule has 2 rings (SSSR count). The molecule has 0 aliphatic carbocycles. The van der Waals surface area contributed by atoms with E-state index in [1.165, 1.54) is 12.3 Å². The summed E-state index contributed by atoms with van der Waals surface area (Å²) in [6.07, 6.45) is 1.44. The minimum absolute atomic E-state index is 0.101. The van der Waals surface area contributed by atoms with Crippen LogP contribution in [0.2, 0.25) is 0 Å². The number of amides is 2. The Bertz CT molecular complexity index is 602. The minimum Gasteiger partial charge on any atom is -0.451 e. The summed E-state index contributed by atoms with van der Waals surface area (Å²) >= 11 is 0. The van der Waals surface area contributed by atoms with Crippen LogP contribution < -0.4 is 10.9 Å². The van der Waals surface area contributed by atoms with Crippen LogP contribution in [0.5, 0.6) is 0 Å². The number of carbonyl (C=O) groups excluding carboxylic acids is 3. The Morgan fingerprint density at radius 2 is 1.68 bits per heavy atom. The van der Waals surface area contributed by atoms with Gasteiger partial charge >= 0.3 is 5.97 Å². The third-order valence-corrected chi connectivity index (χ3v) is 2.56. The van der Waals surface area contributed by atoms with Gasteiger partial charge in [0.05, 0.1) is 0 Å². The van der Waals surface area contributed by atoms with E-state index in [1.54, 1.807) is 42.5 Å². The third kappa shape index (κ3) is 4.41. The number of aromatic nitrogens is 1. The van der Waals surface area contributed by atoms with Crippen LogP contribution in [0.3, 0.4) is 0 Å². The van der Waals surface area contributed by atoms with Crippen LogP contribution in [0.1, 0.15) is 20.8 Å². The van der Waals surface area contributed by atoms with E-state index in [0.29, 0.717) is 5.56 Å². The fourth-order valence-corrected chi connectivity index (χ4v) is 1.51. The molecule has 2 aromatic rings. The fourth-order valence-electron chi connectivity index (χ4n) is 1.51. The van der Waals surface area contributed by atoms with Crippen molar-refractivity contribution in [3.05, 3.63) is 66.0 Å². The summed E-state index contributed by atoms with van der Waals surface area (Å²) < 4.78 is 4.76. The monoisotopic (exact) mass is 299 g/mol.